The summed E-state index contributed by atoms with van der Waals surface area (Å²) in [4.78, 5) is 25.3. The van der Waals surface area contributed by atoms with Crippen LogP contribution in [0.1, 0.15) is 74.3 Å². The fourth-order valence-electron chi connectivity index (χ4n) is 8.01. The molecule has 2 saturated heterocycles. The molecule has 8 rings (SSSR count). The van der Waals surface area contributed by atoms with Gasteiger partial charge in [0, 0.05) is 23.5 Å². The molecule has 12 nitrogen and oxygen atoms in total. The fourth-order valence-corrected chi connectivity index (χ4v) is 9.08. The largest absolute Gasteiger partial charge is 0.461 e. The van der Waals surface area contributed by atoms with Gasteiger partial charge in [-0.05, 0) is 112 Å². The Bertz CT molecular complexity index is 2260. The monoisotopic (exact) mass is 722 g/mol. The molecule has 0 bridgehead atoms. The zero-order chi connectivity index (χ0) is 36.2. The summed E-state index contributed by atoms with van der Waals surface area (Å²) in [6.45, 7) is 11.0. The van der Waals surface area contributed by atoms with Crippen LogP contribution >= 0.6 is 11.3 Å². The molecule has 0 aliphatic carbocycles. The van der Waals surface area contributed by atoms with E-state index in [0.717, 1.165) is 83.3 Å². The smallest absolute Gasteiger partial charge is 0.412 e. The van der Waals surface area contributed by atoms with E-state index in [1.807, 2.05) is 13.0 Å². The Balaban J connectivity index is 1.29. The van der Waals surface area contributed by atoms with Crippen molar-refractivity contribution in [2.24, 2.45) is 0 Å². The molecular weight excluding hydrogens is 684 g/mol. The van der Waals surface area contributed by atoms with E-state index in [1.54, 1.807) is 39.2 Å². The van der Waals surface area contributed by atoms with Crippen molar-refractivity contribution in [3.8, 4) is 23.2 Å². The number of carbonyl (C=O) groups excluding carboxylic acids is 1. The molecule has 2 aromatic carbocycles. The van der Waals surface area contributed by atoms with Gasteiger partial charge < -0.3 is 19.5 Å². The normalized spacial score (nSPS) is 16.5. The molecule has 0 saturated carbocycles. The molecule has 0 atom stereocenters. The minimum absolute atomic E-state index is 0.00198. The Kier molecular flexibility index (Phi) is 8.68. The van der Waals surface area contributed by atoms with E-state index in [0.29, 0.717) is 48.6 Å². The number of aryl methyl sites for hydroxylation is 1. The lowest BCUT2D eigenvalue weighted by molar-refractivity contribution is 0.0636. The number of thiophene rings is 1. The number of fused-ring (bicyclic) bond motifs is 5. The maximum absolute atomic E-state index is 15.6. The molecule has 0 radical (unpaired) electrons. The summed E-state index contributed by atoms with van der Waals surface area (Å²) in [5, 5.41) is 26.0. The van der Waals surface area contributed by atoms with Crippen LogP contribution in [-0.4, -0.2) is 62.0 Å². The van der Waals surface area contributed by atoms with Gasteiger partial charge in [0.05, 0.1) is 40.7 Å². The Morgan fingerprint density at radius 2 is 1.90 bits per heavy atom. The van der Waals surface area contributed by atoms with E-state index in [-0.39, 0.29) is 26.8 Å². The summed E-state index contributed by atoms with van der Waals surface area (Å²) in [5.74, 6) is 0.118. The van der Waals surface area contributed by atoms with Crippen LogP contribution < -0.4 is 15.4 Å². The van der Waals surface area contributed by atoms with E-state index in [2.05, 4.69) is 31.8 Å². The number of carbonyl (C=O) groups is 1. The number of nitrogens with one attached hydrogen (secondary N) is 2. The molecular formula is C38H39FN8O4S. The van der Waals surface area contributed by atoms with Gasteiger partial charge in [0.15, 0.2) is 0 Å². The van der Waals surface area contributed by atoms with E-state index in [4.69, 9.17) is 24.2 Å². The number of hydrogen-bond donors (Lipinski definition) is 2. The molecule has 52 heavy (non-hydrogen) atoms. The minimum Gasteiger partial charge on any atom is -0.461 e. The summed E-state index contributed by atoms with van der Waals surface area (Å²) < 4.78 is 33.9. The number of rotatable bonds is 8. The number of ether oxygens (including phenoxy) is 3. The van der Waals surface area contributed by atoms with Gasteiger partial charge in [-0.25, -0.2) is 9.18 Å². The number of nitriles is 1. The SMILES string of the molecule is Cc1c(-c2ccc(F)c3sc(NC(=O)OC(C)(C)C)c(C#N)c23)c2c(c3c(NCc4ccnnc4)nc(OCC45CCCN4CCC5)nc13)COC2. The first-order valence-corrected chi connectivity index (χ1v) is 18.3. The van der Waals surface area contributed by atoms with Crippen molar-refractivity contribution in [2.75, 3.05) is 30.3 Å². The van der Waals surface area contributed by atoms with Crippen molar-refractivity contribution in [1.82, 2.24) is 25.1 Å². The van der Waals surface area contributed by atoms with Crippen LogP contribution in [0.2, 0.25) is 0 Å². The predicted octanol–water partition coefficient (Wildman–Crippen LogP) is 7.62. The van der Waals surface area contributed by atoms with Gasteiger partial charge in [-0.1, -0.05) is 6.07 Å². The summed E-state index contributed by atoms with van der Waals surface area (Å²) in [6.07, 6.45) is 7.10. The molecule has 0 unspecified atom stereocenters. The molecule has 1 amide bonds. The van der Waals surface area contributed by atoms with Crippen molar-refractivity contribution >= 4 is 49.2 Å². The third kappa shape index (κ3) is 6.06. The van der Waals surface area contributed by atoms with Crippen LogP contribution in [-0.2, 0) is 29.2 Å². The number of amides is 1. The van der Waals surface area contributed by atoms with Gasteiger partial charge in [-0.3, -0.25) is 10.2 Å². The van der Waals surface area contributed by atoms with Crippen LogP contribution in [0.3, 0.4) is 0 Å². The molecule has 3 aromatic heterocycles. The highest BCUT2D eigenvalue weighted by Crippen LogP contribution is 2.48. The van der Waals surface area contributed by atoms with Crippen molar-refractivity contribution in [3.05, 3.63) is 64.2 Å². The fraction of sp³-hybridized carbons (Fsp3) is 0.421. The Morgan fingerprint density at radius 3 is 2.63 bits per heavy atom. The molecule has 3 aliphatic heterocycles. The van der Waals surface area contributed by atoms with Gasteiger partial charge in [0.2, 0.25) is 0 Å². The van der Waals surface area contributed by atoms with Crippen molar-refractivity contribution in [3.63, 3.8) is 0 Å². The van der Waals surface area contributed by atoms with E-state index in [9.17, 15) is 10.1 Å². The zero-order valence-electron chi connectivity index (χ0n) is 29.6. The van der Waals surface area contributed by atoms with Crippen LogP contribution in [0.4, 0.5) is 20.0 Å². The van der Waals surface area contributed by atoms with Crippen molar-refractivity contribution in [2.45, 2.75) is 84.3 Å². The van der Waals surface area contributed by atoms with Gasteiger partial charge in [0.25, 0.3) is 0 Å². The summed E-state index contributed by atoms with van der Waals surface area (Å²) in [7, 11) is 0. The highest BCUT2D eigenvalue weighted by molar-refractivity contribution is 7.23. The standard InChI is InChI=1S/C38H39FN8O4S/c1-21-28(23-7-8-27(39)32-29(23)24(15-40)34(52-32)46-36(48)51-37(2,3)4)25-18-49-19-26(25)30-31(21)44-35(45-33(30)41-16-22-9-12-42-43-17-22)50-20-38-10-5-13-47(38)14-6-11-38/h7-9,12,17H,5-6,10-11,13-14,16,18-20H2,1-4H3,(H,46,48)(H,41,44,45). The van der Waals surface area contributed by atoms with Crippen LogP contribution in [0.15, 0.2) is 30.6 Å². The Hall–Kier alpha value is -4.97. The van der Waals surface area contributed by atoms with Crippen LogP contribution in [0.25, 0.3) is 32.1 Å². The number of hydrogen-bond acceptors (Lipinski definition) is 12. The summed E-state index contributed by atoms with van der Waals surface area (Å²) in [6, 6.07) is 7.49. The molecule has 268 valence electrons. The molecule has 2 N–H and O–H groups in total. The highest BCUT2D eigenvalue weighted by atomic mass is 32.1. The Labute approximate surface area is 304 Å². The number of anilines is 2. The molecule has 2 fully saturated rings. The second-order valence-electron chi connectivity index (χ2n) is 14.7. The summed E-state index contributed by atoms with van der Waals surface area (Å²) in [5.41, 5.74) is 5.08. The van der Waals surface area contributed by atoms with Gasteiger partial charge >= 0.3 is 12.1 Å². The lowest BCUT2D eigenvalue weighted by Crippen LogP contribution is -2.43. The van der Waals surface area contributed by atoms with Crippen molar-refractivity contribution in [1.29, 1.82) is 5.26 Å². The Morgan fingerprint density at radius 1 is 1.12 bits per heavy atom. The quantitative estimate of drug-likeness (QED) is 0.163. The number of halogens is 1. The predicted molar refractivity (Wildman–Crippen MR) is 196 cm³/mol. The second kappa shape index (κ2) is 13.2. The maximum Gasteiger partial charge on any atom is 0.412 e. The lowest BCUT2D eigenvalue weighted by Gasteiger charge is -2.31. The molecule has 14 heteroatoms. The average molecular weight is 723 g/mol. The van der Waals surface area contributed by atoms with Gasteiger partial charge in [0.1, 0.15) is 34.9 Å². The first-order valence-electron chi connectivity index (χ1n) is 17.5. The molecule has 0 spiro atoms. The lowest BCUT2D eigenvalue weighted by atomic mass is 9.87. The maximum atomic E-state index is 15.6. The molecule has 3 aliphatic rings. The van der Waals surface area contributed by atoms with Crippen LogP contribution in [0.5, 0.6) is 6.01 Å². The van der Waals surface area contributed by atoms with Crippen molar-refractivity contribution < 1.29 is 23.4 Å². The summed E-state index contributed by atoms with van der Waals surface area (Å²) >= 11 is 1.01. The van der Waals surface area contributed by atoms with Gasteiger partial charge in [-0.15, -0.1) is 11.3 Å². The van der Waals surface area contributed by atoms with E-state index in [1.165, 1.54) is 6.07 Å². The number of benzene rings is 2. The molecule has 5 aromatic rings. The average Bonchev–Trinajstić information content (AvgIpc) is 3.90. The third-order valence-corrected chi connectivity index (χ3v) is 11.4. The second-order valence-corrected chi connectivity index (χ2v) is 15.7. The first kappa shape index (κ1) is 34.1. The molecule has 6 heterocycles. The van der Waals surface area contributed by atoms with E-state index >= 15 is 4.39 Å². The van der Waals surface area contributed by atoms with E-state index < -0.39 is 17.5 Å². The number of aromatic nitrogens is 4. The topological polar surface area (TPSA) is 147 Å². The number of nitrogens with zero attached hydrogens (tertiary/aromatic N) is 6. The highest BCUT2D eigenvalue weighted by Gasteiger charge is 2.45. The van der Waals surface area contributed by atoms with Crippen LogP contribution in [0, 0.1) is 24.1 Å². The zero-order valence-corrected chi connectivity index (χ0v) is 30.4. The minimum atomic E-state index is -0.757. The van der Waals surface area contributed by atoms with Gasteiger partial charge in [-0.2, -0.15) is 25.4 Å². The third-order valence-electron chi connectivity index (χ3n) is 10.3. The first-order chi connectivity index (χ1) is 25.0.